The molecule has 0 spiro atoms. The standard InChI is InChI=1S/C20H20N2O4/c1-13(22-12-15-5-3-4-6-17(15)20(22)25)19(24)21-11-18(23)14-7-9-16(26-2)10-8-14/h3-10,13H,11-12H2,1-2H3,(H,21,24). The number of hydrogen-bond acceptors (Lipinski definition) is 4. The van der Waals surface area contributed by atoms with Crippen molar-refractivity contribution in [2.24, 2.45) is 0 Å². The minimum Gasteiger partial charge on any atom is -0.497 e. The normalized spacial score (nSPS) is 13.9. The van der Waals surface area contributed by atoms with Gasteiger partial charge in [-0.1, -0.05) is 18.2 Å². The van der Waals surface area contributed by atoms with Crippen LogP contribution in [-0.2, 0) is 11.3 Å². The van der Waals surface area contributed by atoms with Crippen LogP contribution in [-0.4, -0.2) is 42.2 Å². The summed E-state index contributed by atoms with van der Waals surface area (Å²) in [7, 11) is 1.55. The number of nitrogens with zero attached hydrogens (tertiary/aromatic N) is 1. The Bertz CT molecular complexity index is 845. The van der Waals surface area contributed by atoms with Gasteiger partial charge < -0.3 is 15.0 Å². The highest BCUT2D eigenvalue weighted by Crippen LogP contribution is 2.24. The van der Waals surface area contributed by atoms with E-state index in [1.807, 2.05) is 12.1 Å². The predicted octanol–water partition coefficient (Wildman–Crippen LogP) is 2.04. The Morgan fingerprint density at radius 1 is 1.15 bits per heavy atom. The summed E-state index contributed by atoms with van der Waals surface area (Å²) in [5.74, 6) is -0.0618. The van der Waals surface area contributed by atoms with E-state index in [9.17, 15) is 14.4 Å². The van der Waals surface area contributed by atoms with Crippen LogP contribution in [0.5, 0.6) is 5.75 Å². The molecule has 0 saturated carbocycles. The molecule has 0 radical (unpaired) electrons. The molecule has 1 heterocycles. The number of rotatable bonds is 6. The SMILES string of the molecule is COc1ccc(C(=O)CNC(=O)C(C)N2Cc3ccccc3C2=O)cc1. The fourth-order valence-electron chi connectivity index (χ4n) is 2.93. The van der Waals surface area contributed by atoms with Crippen LogP contribution in [0.1, 0.15) is 33.2 Å². The van der Waals surface area contributed by atoms with Crippen molar-refractivity contribution in [3.63, 3.8) is 0 Å². The molecular formula is C20H20N2O4. The molecule has 1 atom stereocenters. The molecule has 0 fully saturated rings. The largest absolute Gasteiger partial charge is 0.497 e. The van der Waals surface area contributed by atoms with E-state index in [2.05, 4.69) is 5.32 Å². The van der Waals surface area contributed by atoms with Crippen LogP contribution in [0.25, 0.3) is 0 Å². The van der Waals surface area contributed by atoms with Gasteiger partial charge in [0.2, 0.25) is 5.91 Å². The zero-order valence-corrected chi connectivity index (χ0v) is 14.7. The molecule has 6 nitrogen and oxygen atoms in total. The highest BCUT2D eigenvalue weighted by atomic mass is 16.5. The van der Waals surface area contributed by atoms with Crippen LogP contribution >= 0.6 is 0 Å². The quantitative estimate of drug-likeness (QED) is 0.807. The summed E-state index contributed by atoms with van der Waals surface area (Å²) in [6, 6.07) is 13.3. The molecule has 1 unspecified atom stereocenters. The number of benzene rings is 2. The van der Waals surface area contributed by atoms with Gasteiger partial charge >= 0.3 is 0 Å². The Morgan fingerprint density at radius 2 is 1.85 bits per heavy atom. The number of Topliss-reactive ketones (excluding diaryl/α,β-unsaturated/α-hetero) is 1. The number of ether oxygens (including phenoxy) is 1. The number of ketones is 1. The summed E-state index contributed by atoms with van der Waals surface area (Å²) in [6.45, 7) is 1.94. The molecule has 2 aromatic carbocycles. The van der Waals surface area contributed by atoms with E-state index < -0.39 is 6.04 Å². The third kappa shape index (κ3) is 3.44. The molecule has 6 heteroatoms. The Labute approximate surface area is 151 Å². The van der Waals surface area contributed by atoms with Gasteiger partial charge in [-0.15, -0.1) is 0 Å². The Balaban J connectivity index is 1.58. The average Bonchev–Trinajstić information content (AvgIpc) is 3.02. The van der Waals surface area contributed by atoms with E-state index in [0.29, 0.717) is 23.4 Å². The summed E-state index contributed by atoms with van der Waals surface area (Å²) in [5.41, 5.74) is 2.02. The van der Waals surface area contributed by atoms with E-state index in [1.54, 1.807) is 50.4 Å². The zero-order chi connectivity index (χ0) is 18.7. The number of fused-ring (bicyclic) bond motifs is 1. The first-order valence-corrected chi connectivity index (χ1v) is 8.35. The summed E-state index contributed by atoms with van der Waals surface area (Å²) < 4.78 is 5.05. The lowest BCUT2D eigenvalue weighted by molar-refractivity contribution is -0.125. The second-order valence-electron chi connectivity index (χ2n) is 6.14. The topological polar surface area (TPSA) is 75.7 Å². The van der Waals surface area contributed by atoms with Gasteiger partial charge in [0.25, 0.3) is 5.91 Å². The number of methoxy groups -OCH3 is 1. The van der Waals surface area contributed by atoms with Gasteiger partial charge in [0, 0.05) is 17.7 Å². The summed E-state index contributed by atoms with van der Waals surface area (Å²) in [5, 5.41) is 2.62. The van der Waals surface area contributed by atoms with Crippen molar-refractivity contribution in [1.29, 1.82) is 0 Å². The summed E-state index contributed by atoms with van der Waals surface area (Å²) >= 11 is 0. The number of amides is 2. The highest BCUT2D eigenvalue weighted by Gasteiger charge is 2.33. The molecule has 2 aromatic rings. The van der Waals surface area contributed by atoms with Crippen molar-refractivity contribution in [3.05, 3.63) is 65.2 Å². The van der Waals surface area contributed by atoms with E-state index in [1.165, 1.54) is 4.90 Å². The number of carbonyl (C=O) groups is 3. The minimum absolute atomic E-state index is 0.121. The smallest absolute Gasteiger partial charge is 0.255 e. The molecule has 0 saturated heterocycles. The number of nitrogens with one attached hydrogen (secondary N) is 1. The lowest BCUT2D eigenvalue weighted by Crippen LogP contribution is -2.46. The number of carbonyl (C=O) groups excluding carboxylic acids is 3. The molecule has 3 rings (SSSR count). The zero-order valence-electron chi connectivity index (χ0n) is 14.7. The third-order valence-corrected chi connectivity index (χ3v) is 4.53. The van der Waals surface area contributed by atoms with Crippen molar-refractivity contribution < 1.29 is 19.1 Å². The van der Waals surface area contributed by atoms with Crippen LogP contribution < -0.4 is 10.1 Å². The molecular weight excluding hydrogens is 332 g/mol. The van der Waals surface area contributed by atoms with Gasteiger partial charge in [-0.25, -0.2) is 0 Å². The van der Waals surface area contributed by atoms with Crippen molar-refractivity contribution in [3.8, 4) is 5.75 Å². The number of hydrogen-bond donors (Lipinski definition) is 1. The Hall–Kier alpha value is -3.15. The van der Waals surface area contributed by atoms with Gasteiger partial charge in [0.15, 0.2) is 5.78 Å². The Kier molecular flexibility index (Phi) is 5.02. The van der Waals surface area contributed by atoms with E-state index in [0.717, 1.165) is 5.56 Å². The maximum Gasteiger partial charge on any atom is 0.255 e. The van der Waals surface area contributed by atoms with E-state index in [-0.39, 0.29) is 24.1 Å². The molecule has 1 aliphatic rings. The summed E-state index contributed by atoms with van der Waals surface area (Å²) in [6.07, 6.45) is 0. The second kappa shape index (κ2) is 7.39. The first kappa shape index (κ1) is 17.7. The fourth-order valence-corrected chi connectivity index (χ4v) is 2.93. The van der Waals surface area contributed by atoms with Crippen molar-refractivity contribution in [1.82, 2.24) is 10.2 Å². The first-order chi connectivity index (χ1) is 12.5. The maximum atomic E-state index is 12.4. The van der Waals surface area contributed by atoms with Crippen LogP contribution in [0.2, 0.25) is 0 Å². The third-order valence-electron chi connectivity index (χ3n) is 4.53. The van der Waals surface area contributed by atoms with Crippen LogP contribution in [0.15, 0.2) is 48.5 Å². The van der Waals surface area contributed by atoms with E-state index in [4.69, 9.17) is 4.74 Å². The highest BCUT2D eigenvalue weighted by molar-refractivity contribution is 6.02. The van der Waals surface area contributed by atoms with Gasteiger partial charge in [-0.05, 0) is 42.8 Å². The van der Waals surface area contributed by atoms with Gasteiger partial charge in [0.05, 0.1) is 13.7 Å². The van der Waals surface area contributed by atoms with Gasteiger partial charge in [-0.2, -0.15) is 0 Å². The average molecular weight is 352 g/mol. The lowest BCUT2D eigenvalue weighted by atomic mass is 10.1. The van der Waals surface area contributed by atoms with Crippen LogP contribution in [0.4, 0.5) is 0 Å². The molecule has 26 heavy (non-hydrogen) atoms. The Morgan fingerprint density at radius 3 is 2.50 bits per heavy atom. The van der Waals surface area contributed by atoms with Crippen molar-refractivity contribution in [2.45, 2.75) is 19.5 Å². The maximum absolute atomic E-state index is 12.4. The molecule has 2 amide bonds. The summed E-state index contributed by atoms with van der Waals surface area (Å²) in [4.78, 5) is 38.5. The molecule has 0 aromatic heterocycles. The monoisotopic (exact) mass is 352 g/mol. The predicted molar refractivity (Wildman–Crippen MR) is 96.1 cm³/mol. The minimum atomic E-state index is -0.654. The van der Waals surface area contributed by atoms with Crippen LogP contribution in [0, 0.1) is 0 Å². The van der Waals surface area contributed by atoms with Gasteiger partial charge in [0.1, 0.15) is 11.8 Å². The van der Waals surface area contributed by atoms with E-state index >= 15 is 0 Å². The second-order valence-corrected chi connectivity index (χ2v) is 6.14. The molecule has 1 N–H and O–H groups in total. The fraction of sp³-hybridized carbons (Fsp3) is 0.250. The lowest BCUT2D eigenvalue weighted by Gasteiger charge is -2.23. The van der Waals surface area contributed by atoms with Crippen molar-refractivity contribution in [2.75, 3.05) is 13.7 Å². The van der Waals surface area contributed by atoms with Crippen molar-refractivity contribution >= 4 is 17.6 Å². The van der Waals surface area contributed by atoms with Crippen LogP contribution in [0.3, 0.4) is 0 Å². The molecule has 0 bridgehead atoms. The molecule has 0 aliphatic carbocycles. The molecule has 1 aliphatic heterocycles. The first-order valence-electron chi connectivity index (χ1n) is 8.35. The molecule has 134 valence electrons. The van der Waals surface area contributed by atoms with Gasteiger partial charge in [-0.3, -0.25) is 14.4 Å².